The minimum atomic E-state index is -0.306. The van der Waals surface area contributed by atoms with Crippen molar-refractivity contribution >= 4 is 17.7 Å². The Morgan fingerprint density at radius 2 is 1.37 bits per heavy atom. The summed E-state index contributed by atoms with van der Waals surface area (Å²) in [6.07, 6.45) is 3.10. The van der Waals surface area contributed by atoms with E-state index in [1.165, 1.54) is 27.4 Å². The molecule has 0 heterocycles. The van der Waals surface area contributed by atoms with Crippen molar-refractivity contribution in [1.82, 2.24) is 0 Å². The molecule has 0 saturated carbocycles. The molecule has 0 spiro atoms. The van der Waals surface area contributed by atoms with E-state index < -0.39 is 0 Å². The van der Waals surface area contributed by atoms with Gasteiger partial charge in [-0.3, -0.25) is 4.79 Å². The van der Waals surface area contributed by atoms with Gasteiger partial charge in [-0.05, 0) is 23.8 Å². The van der Waals surface area contributed by atoms with Crippen molar-refractivity contribution in [2.75, 3.05) is 40.9 Å². The van der Waals surface area contributed by atoms with Crippen LogP contribution in [0.5, 0.6) is 28.7 Å². The molecule has 27 heavy (non-hydrogen) atoms. The number of carbonyl (C=O) groups is 1. The number of anilines is 1. The number of amides is 1. The summed E-state index contributed by atoms with van der Waals surface area (Å²) in [6, 6.07) is 8.69. The van der Waals surface area contributed by atoms with Gasteiger partial charge >= 0.3 is 0 Å². The SMILES string of the molecule is COc1ccc(/C=C\C(=O)Nc2cc(OC)c(OC)c(OC)c2)cc1OC. The normalized spacial score (nSPS) is 10.4. The number of hydrogen-bond acceptors (Lipinski definition) is 6. The molecule has 0 unspecified atom stereocenters. The maximum Gasteiger partial charge on any atom is 0.248 e. The Morgan fingerprint density at radius 1 is 0.778 bits per heavy atom. The molecule has 0 aliphatic heterocycles. The van der Waals surface area contributed by atoms with Crippen molar-refractivity contribution in [3.63, 3.8) is 0 Å². The number of hydrogen-bond donors (Lipinski definition) is 1. The lowest BCUT2D eigenvalue weighted by Gasteiger charge is -2.14. The van der Waals surface area contributed by atoms with E-state index in [0.29, 0.717) is 34.4 Å². The molecule has 1 N–H and O–H groups in total. The summed E-state index contributed by atoms with van der Waals surface area (Å²) < 4.78 is 26.3. The van der Waals surface area contributed by atoms with Gasteiger partial charge < -0.3 is 29.0 Å². The van der Waals surface area contributed by atoms with E-state index in [4.69, 9.17) is 23.7 Å². The van der Waals surface area contributed by atoms with Crippen LogP contribution < -0.4 is 29.0 Å². The van der Waals surface area contributed by atoms with Gasteiger partial charge in [0, 0.05) is 23.9 Å². The van der Waals surface area contributed by atoms with E-state index in [-0.39, 0.29) is 5.91 Å². The molecular formula is C20H23NO6. The molecule has 7 nitrogen and oxygen atoms in total. The number of nitrogens with one attached hydrogen (secondary N) is 1. The quantitative estimate of drug-likeness (QED) is 0.715. The Hall–Kier alpha value is -3.35. The second kappa shape index (κ2) is 9.38. The highest BCUT2D eigenvalue weighted by molar-refractivity contribution is 6.02. The van der Waals surface area contributed by atoms with Crippen molar-refractivity contribution in [1.29, 1.82) is 0 Å². The van der Waals surface area contributed by atoms with Gasteiger partial charge in [0.15, 0.2) is 23.0 Å². The maximum atomic E-state index is 12.3. The predicted molar refractivity (Wildman–Crippen MR) is 103 cm³/mol. The van der Waals surface area contributed by atoms with Crippen LogP contribution >= 0.6 is 0 Å². The van der Waals surface area contributed by atoms with Crippen LogP contribution in [-0.4, -0.2) is 41.5 Å². The molecule has 2 aromatic rings. The summed E-state index contributed by atoms with van der Waals surface area (Å²) >= 11 is 0. The first-order valence-electron chi connectivity index (χ1n) is 8.07. The average Bonchev–Trinajstić information content (AvgIpc) is 2.70. The van der Waals surface area contributed by atoms with E-state index in [1.807, 2.05) is 6.07 Å². The van der Waals surface area contributed by atoms with Crippen LogP contribution in [-0.2, 0) is 4.79 Å². The molecule has 0 aliphatic carbocycles. The van der Waals surface area contributed by atoms with Gasteiger partial charge in [-0.2, -0.15) is 0 Å². The predicted octanol–water partition coefficient (Wildman–Crippen LogP) is 3.38. The maximum absolute atomic E-state index is 12.3. The van der Waals surface area contributed by atoms with E-state index in [2.05, 4.69) is 5.32 Å². The molecule has 0 radical (unpaired) electrons. The van der Waals surface area contributed by atoms with Crippen LogP contribution in [0, 0.1) is 0 Å². The molecule has 0 bridgehead atoms. The molecule has 0 atom stereocenters. The average molecular weight is 373 g/mol. The van der Waals surface area contributed by atoms with Gasteiger partial charge in [-0.15, -0.1) is 0 Å². The van der Waals surface area contributed by atoms with E-state index in [9.17, 15) is 4.79 Å². The zero-order valence-corrected chi connectivity index (χ0v) is 16.0. The fourth-order valence-electron chi connectivity index (χ4n) is 2.47. The summed E-state index contributed by atoms with van der Waals surface area (Å²) in [4.78, 5) is 12.3. The molecule has 7 heteroatoms. The molecule has 0 saturated heterocycles. The van der Waals surface area contributed by atoms with Gasteiger partial charge in [-0.25, -0.2) is 0 Å². The summed E-state index contributed by atoms with van der Waals surface area (Å²) in [5.41, 5.74) is 1.32. The number of carbonyl (C=O) groups excluding carboxylic acids is 1. The van der Waals surface area contributed by atoms with Crippen molar-refractivity contribution < 1.29 is 28.5 Å². The summed E-state index contributed by atoms with van der Waals surface area (Å²) in [5.74, 6) is 2.27. The molecular weight excluding hydrogens is 350 g/mol. The van der Waals surface area contributed by atoms with Gasteiger partial charge in [-0.1, -0.05) is 6.07 Å². The first-order chi connectivity index (χ1) is 13.1. The third-order valence-corrected chi connectivity index (χ3v) is 3.77. The highest BCUT2D eigenvalue weighted by Crippen LogP contribution is 2.39. The van der Waals surface area contributed by atoms with Crippen molar-refractivity contribution in [3.8, 4) is 28.7 Å². The standard InChI is InChI=1S/C20H23NO6/c1-23-15-8-6-13(10-16(15)24-2)7-9-19(22)21-14-11-17(25-3)20(27-5)18(12-14)26-4/h6-12H,1-5H3,(H,21,22)/b9-7-. The first kappa shape index (κ1) is 20.0. The van der Waals surface area contributed by atoms with Crippen LogP contribution in [0.1, 0.15) is 5.56 Å². The highest BCUT2D eigenvalue weighted by Gasteiger charge is 2.14. The van der Waals surface area contributed by atoms with E-state index in [0.717, 1.165) is 5.56 Å². The molecule has 0 aromatic heterocycles. The lowest BCUT2D eigenvalue weighted by Crippen LogP contribution is -2.08. The monoisotopic (exact) mass is 373 g/mol. The number of benzene rings is 2. The van der Waals surface area contributed by atoms with Crippen LogP contribution in [0.3, 0.4) is 0 Å². The zero-order valence-electron chi connectivity index (χ0n) is 16.0. The van der Waals surface area contributed by atoms with Crippen molar-refractivity contribution in [2.24, 2.45) is 0 Å². The van der Waals surface area contributed by atoms with E-state index in [1.54, 1.807) is 44.6 Å². The third kappa shape index (κ3) is 4.84. The fraction of sp³-hybridized carbons (Fsp3) is 0.250. The molecule has 2 aromatic carbocycles. The Morgan fingerprint density at radius 3 is 1.89 bits per heavy atom. The highest BCUT2D eigenvalue weighted by atomic mass is 16.5. The second-order valence-electron chi connectivity index (χ2n) is 5.35. The van der Waals surface area contributed by atoms with Gasteiger partial charge in [0.2, 0.25) is 11.7 Å². The Bertz CT molecular complexity index is 806. The van der Waals surface area contributed by atoms with Gasteiger partial charge in [0.25, 0.3) is 0 Å². The second-order valence-corrected chi connectivity index (χ2v) is 5.35. The lowest BCUT2D eigenvalue weighted by molar-refractivity contribution is -0.111. The fourth-order valence-corrected chi connectivity index (χ4v) is 2.47. The van der Waals surface area contributed by atoms with Crippen LogP contribution in [0.25, 0.3) is 6.08 Å². The largest absolute Gasteiger partial charge is 0.493 e. The van der Waals surface area contributed by atoms with Gasteiger partial charge in [0.1, 0.15) is 0 Å². The lowest BCUT2D eigenvalue weighted by atomic mass is 10.2. The van der Waals surface area contributed by atoms with E-state index >= 15 is 0 Å². The Kier molecular flexibility index (Phi) is 6.93. The molecule has 144 valence electrons. The third-order valence-electron chi connectivity index (χ3n) is 3.77. The van der Waals surface area contributed by atoms with Crippen molar-refractivity contribution in [3.05, 3.63) is 42.0 Å². The molecule has 2 rings (SSSR count). The number of ether oxygens (including phenoxy) is 5. The molecule has 0 fully saturated rings. The zero-order chi connectivity index (χ0) is 19.8. The molecule has 1 amide bonds. The Balaban J connectivity index is 2.17. The minimum Gasteiger partial charge on any atom is -0.493 e. The smallest absolute Gasteiger partial charge is 0.248 e. The number of methoxy groups -OCH3 is 5. The molecule has 0 aliphatic rings. The summed E-state index contributed by atoms with van der Waals surface area (Å²) in [5, 5.41) is 2.77. The van der Waals surface area contributed by atoms with Crippen molar-refractivity contribution in [2.45, 2.75) is 0 Å². The number of rotatable bonds is 8. The summed E-state index contributed by atoms with van der Waals surface area (Å²) in [7, 11) is 7.67. The minimum absolute atomic E-state index is 0.306. The topological polar surface area (TPSA) is 75.3 Å². The van der Waals surface area contributed by atoms with Crippen LogP contribution in [0.15, 0.2) is 36.4 Å². The first-order valence-corrected chi connectivity index (χ1v) is 8.07. The summed E-state index contributed by atoms with van der Waals surface area (Å²) in [6.45, 7) is 0. The van der Waals surface area contributed by atoms with Crippen LogP contribution in [0.4, 0.5) is 5.69 Å². The van der Waals surface area contributed by atoms with Gasteiger partial charge in [0.05, 0.1) is 35.5 Å². The Labute approximate surface area is 158 Å². The van der Waals surface area contributed by atoms with Crippen LogP contribution in [0.2, 0.25) is 0 Å².